The predicted octanol–water partition coefficient (Wildman–Crippen LogP) is 16.1. The van der Waals surface area contributed by atoms with E-state index in [1.807, 2.05) is 0 Å². The Morgan fingerprint density at radius 2 is 0.771 bits per heavy atom. The summed E-state index contributed by atoms with van der Waals surface area (Å²) in [6, 6.07) is 0. The van der Waals surface area contributed by atoms with Gasteiger partial charge in [0.25, 0.3) is 0 Å². The normalized spacial score (nSPS) is 14.0. The molecule has 0 radical (unpaired) electrons. The lowest BCUT2D eigenvalue weighted by Gasteiger charge is -2.21. The van der Waals surface area contributed by atoms with Crippen molar-refractivity contribution in [1.29, 1.82) is 0 Å². The number of phosphoric acid groups is 1. The SMILES string of the molecule is CC/C=C\C/C=C\C/C=C\C/C=C\CCCCCCCCC(=O)OC(COC(=O)CCCCCCCCCCCCC)COP(=O)(O)OCC(CO)OC(=O)CCCCCCC/C=C\C/C=C\CCC. The molecule has 0 aromatic rings. The van der Waals surface area contributed by atoms with Gasteiger partial charge in [0, 0.05) is 19.3 Å². The van der Waals surface area contributed by atoms with Crippen LogP contribution in [0.1, 0.15) is 239 Å². The number of unbranched alkanes of at least 4 members (excludes halogenated alkanes) is 22. The third kappa shape index (κ3) is 49.9. The van der Waals surface area contributed by atoms with E-state index in [9.17, 15) is 28.9 Å². The van der Waals surface area contributed by atoms with Gasteiger partial charge in [-0.15, -0.1) is 0 Å². The molecule has 0 fully saturated rings. The van der Waals surface area contributed by atoms with Crippen LogP contribution in [-0.2, 0) is 42.2 Å². The second kappa shape index (κ2) is 52.2. The molecule has 3 atom stereocenters. The van der Waals surface area contributed by atoms with E-state index in [2.05, 4.69) is 93.7 Å². The van der Waals surface area contributed by atoms with E-state index in [1.54, 1.807) is 0 Å². The Balaban J connectivity index is 4.74. The first kappa shape index (κ1) is 66.9. The molecule has 0 amide bonds. The molecule has 2 N–H and O–H groups in total. The molecular weight excluding hydrogens is 904 g/mol. The quantitative estimate of drug-likeness (QED) is 0.0197. The molecule has 12 heteroatoms. The maximum atomic E-state index is 12.9. The van der Waals surface area contributed by atoms with Gasteiger partial charge in [-0.3, -0.25) is 23.4 Å². The fraction of sp³-hybridized carbons (Fsp3) is 0.741. The Bertz CT molecular complexity index is 1450. The number of ether oxygens (including phenoxy) is 3. The van der Waals surface area contributed by atoms with Gasteiger partial charge in [-0.1, -0.05) is 209 Å². The lowest BCUT2D eigenvalue weighted by atomic mass is 10.1. The molecule has 0 spiro atoms. The largest absolute Gasteiger partial charge is 0.472 e. The van der Waals surface area contributed by atoms with Crippen LogP contribution < -0.4 is 0 Å². The minimum atomic E-state index is -4.75. The zero-order valence-corrected chi connectivity index (χ0v) is 45.4. The fourth-order valence-corrected chi connectivity index (χ4v) is 8.17. The van der Waals surface area contributed by atoms with Crippen molar-refractivity contribution in [2.45, 2.75) is 251 Å². The van der Waals surface area contributed by atoms with E-state index in [0.29, 0.717) is 19.3 Å². The van der Waals surface area contributed by atoms with Crippen LogP contribution >= 0.6 is 7.82 Å². The Kier molecular flexibility index (Phi) is 50.0. The number of allylic oxidation sites excluding steroid dienone is 12. The first-order valence-corrected chi connectivity index (χ1v) is 29.3. The predicted molar refractivity (Wildman–Crippen MR) is 288 cm³/mol. The van der Waals surface area contributed by atoms with Gasteiger partial charge in [0.15, 0.2) is 6.10 Å². The number of esters is 3. The molecule has 0 heterocycles. The number of rotatable bonds is 51. The van der Waals surface area contributed by atoms with Crippen molar-refractivity contribution in [3.05, 3.63) is 72.9 Å². The topological polar surface area (TPSA) is 155 Å². The highest BCUT2D eigenvalue weighted by atomic mass is 31.2. The molecule has 3 unspecified atom stereocenters. The van der Waals surface area contributed by atoms with Gasteiger partial charge in [0.1, 0.15) is 12.7 Å². The van der Waals surface area contributed by atoms with Crippen molar-refractivity contribution in [1.82, 2.24) is 0 Å². The monoisotopic (exact) mass is 1000 g/mol. The molecule has 0 aliphatic carbocycles. The van der Waals surface area contributed by atoms with Crippen molar-refractivity contribution >= 4 is 25.7 Å². The Morgan fingerprint density at radius 3 is 1.20 bits per heavy atom. The first-order chi connectivity index (χ1) is 34.2. The highest BCUT2D eigenvalue weighted by Crippen LogP contribution is 2.43. The summed E-state index contributed by atoms with van der Waals surface area (Å²) in [5.41, 5.74) is 0. The zero-order chi connectivity index (χ0) is 51.3. The van der Waals surface area contributed by atoms with Crippen LogP contribution in [0.15, 0.2) is 72.9 Å². The molecule has 0 aromatic carbocycles. The van der Waals surface area contributed by atoms with Crippen LogP contribution in [0, 0.1) is 0 Å². The summed E-state index contributed by atoms with van der Waals surface area (Å²) in [5, 5.41) is 9.79. The third-order valence-electron chi connectivity index (χ3n) is 11.6. The highest BCUT2D eigenvalue weighted by Gasteiger charge is 2.28. The van der Waals surface area contributed by atoms with Gasteiger partial charge in [0.05, 0.1) is 19.8 Å². The summed E-state index contributed by atoms with van der Waals surface area (Å²) in [5.74, 6) is -1.49. The Morgan fingerprint density at radius 1 is 0.414 bits per heavy atom. The summed E-state index contributed by atoms with van der Waals surface area (Å²) in [6.45, 7) is 4.43. The van der Waals surface area contributed by atoms with Crippen molar-refractivity contribution in [3.63, 3.8) is 0 Å². The average Bonchev–Trinajstić information content (AvgIpc) is 3.35. The lowest BCUT2D eigenvalue weighted by Crippen LogP contribution is -2.30. The van der Waals surface area contributed by atoms with Crippen molar-refractivity contribution in [2.75, 3.05) is 26.4 Å². The number of aliphatic hydroxyl groups excluding tert-OH is 1. The van der Waals surface area contributed by atoms with Crippen LogP contribution in [0.4, 0.5) is 0 Å². The van der Waals surface area contributed by atoms with Crippen LogP contribution in [0.5, 0.6) is 0 Å². The minimum absolute atomic E-state index is 0.150. The van der Waals surface area contributed by atoms with E-state index >= 15 is 0 Å². The van der Waals surface area contributed by atoms with E-state index in [-0.39, 0.29) is 25.9 Å². The van der Waals surface area contributed by atoms with Crippen molar-refractivity contribution < 1.29 is 52.2 Å². The molecule has 404 valence electrons. The molecule has 0 bridgehead atoms. The second-order valence-electron chi connectivity index (χ2n) is 18.4. The molecule has 0 aromatic heterocycles. The summed E-state index contributed by atoms with van der Waals surface area (Å²) in [7, 11) is -4.75. The van der Waals surface area contributed by atoms with Gasteiger partial charge >= 0.3 is 25.7 Å². The van der Waals surface area contributed by atoms with E-state index in [4.69, 9.17) is 23.3 Å². The molecule has 0 saturated heterocycles. The van der Waals surface area contributed by atoms with Gasteiger partial charge in [-0.25, -0.2) is 4.57 Å². The van der Waals surface area contributed by atoms with Gasteiger partial charge in [-0.05, 0) is 83.5 Å². The van der Waals surface area contributed by atoms with Crippen LogP contribution in [0.3, 0.4) is 0 Å². The molecule has 0 rings (SSSR count). The molecule has 0 aliphatic rings. The van der Waals surface area contributed by atoms with Gasteiger partial charge < -0.3 is 24.2 Å². The van der Waals surface area contributed by atoms with E-state index in [1.165, 1.54) is 51.4 Å². The summed E-state index contributed by atoms with van der Waals surface area (Å²) in [4.78, 5) is 48.4. The number of hydrogen-bond acceptors (Lipinski definition) is 10. The second-order valence-corrected chi connectivity index (χ2v) is 19.8. The number of carbonyl (C=O) groups excluding carboxylic acids is 3. The summed E-state index contributed by atoms with van der Waals surface area (Å²) >= 11 is 0. The Labute approximate surface area is 427 Å². The third-order valence-corrected chi connectivity index (χ3v) is 12.5. The van der Waals surface area contributed by atoms with Crippen molar-refractivity contribution in [3.8, 4) is 0 Å². The highest BCUT2D eigenvalue weighted by molar-refractivity contribution is 7.47. The molecule has 70 heavy (non-hydrogen) atoms. The molecular formula is C58H101O11P. The van der Waals surface area contributed by atoms with Crippen LogP contribution in [-0.4, -0.2) is 66.5 Å². The standard InChI is InChI=1S/C58H101O11P/c1-4-7-10-13-16-19-22-24-25-26-27-28-29-31-34-37-40-43-46-49-58(62)69-55(51-65-56(60)47-44-41-38-35-32-21-18-15-12-9-6-3)53-67-70(63,64)66-52-54(50-59)68-57(61)48-45-42-39-36-33-30-23-20-17-14-11-8-5-2/h7,10-11,14,16,19-20,23-25,27-28,54-55,59H,4-6,8-9,12-13,15,17-18,21-22,26,29-53H2,1-3H3,(H,63,64)/b10-7-,14-11-,19-16-,23-20-,25-24-,28-27-. The molecule has 11 nitrogen and oxygen atoms in total. The molecule has 0 aliphatic heterocycles. The molecule has 0 saturated carbocycles. The number of aliphatic hydroxyl groups is 1. The van der Waals surface area contributed by atoms with Gasteiger partial charge in [-0.2, -0.15) is 0 Å². The summed E-state index contributed by atoms with van der Waals surface area (Å²) < 4.78 is 39.4. The maximum Gasteiger partial charge on any atom is 0.472 e. The average molecular weight is 1010 g/mol. The smallest absolute Gasteiger partial charge is 0.462 e. The first-order valence-electron chi connectivity index (χ1n) is 27.8. The Hall–Kier alpha value is -3.08. The number of phosphoric ester groups is 1. The van der Waals surface area contributed by atoms with E-state index < -0.39 is 57.8 Å². The number of hydrogen-bond donors (Lipinski definition) is 2. The van der Waals surface area contributed by atoms with E-state index in [0.717, 1.165) is 128 Å². The van der Waals surface area contributed by atoms with Crippen molar-refractivity contribution in [2.24, 2.45) is 0 Å². The maximum absolute atomic E-state index is 12.9. The van der Waals surface area contributed by atoms with Crippen LogP contribution in [0.25, 0.3) is 0 Å². The fourth-order valence-electron chi connectivity index (χ4n) is 7.38. The summed E-state index contributed by atoms with van der Waals surface area (Å²) in [6.07, 6.45) is 57.2. The minimum Gasteiger partial charge on any atom is -0.462 e. The number of carbonyl (C=O) groups is 3. The van der Waals surface area contributed by atoms with Gasteiger partial charge in [0.2, 0.25) is 0 Å². The van der Waals surface area contributed by atoms with Crippen LogP contribution in [0.2, 0.25) is 0 Å². The zero-order valence-electron chi connectivity index (χ0n) is 44.5. The lowest BCUT2D eigenvalue weighted by molar-refractivity contribution is -0.161.